The van der Waals surface area contributed by atoms with Crippen LogP contribution in [0.4, 0.5) is 0 Å². The third kappa shape index (κ3) is 6.79. The lowest BCUT2D eigenvalue weighted by molar-refractivity contribution is 0.0749. The van der Waals surface area contributed by atoms with E-state index in [2.05, 4.69) is 4.90 Å². The maximum Gasteiger partial charge on any atom is 0.138 e. The van der Waals surface area contributed by atoms with E-state index in [1.807, 2.05) is 49.5 Å². The summed E-state index contributed by atoms with van der Waals surface area (Å²) in [5.41, 5.74) is 0. The summed E-state index contributed by atoms with van der Waals surface area (Å²) in [6.07, 6.45) is 0.324. The highest BCUT2D eigenvalue weighted by Gasteiger charge is 2.10. The lowest BCUT2D eigenvalue weighted by atomic mass is 10.3. The molecule has 0 bridgehead atoms. The molecule has 24 heavy (non-hydrogen) atoms. The third-order valence-electron chi connectivity index (χ3n) is 3.49. The van der Waals surface area contributed by atoms with Crippen LogP contribution >= 0.6 is 11.6 Å². The number of ether oxygens (including phenoxy) is 2. The van der Waals surface area contributed by atoms with Crippen molar-refractivity contribution in [1.82, 2.24) is 4.90 Å². The fraction of sp³-hybridized carbons (Fsp3) is 0.368. The number of aliphatic hydroxyl groups excluding tert-OH is 1. The number of halogens is 1. The van der Waals surface area contributed by atoms with Crippen LogP contribution in [-0.2, 0) is 0 Å². The average Bonchev–Trinajstić information content (AvgIpc) is 2.59. The summed E-state index contributed by atoms with van der Waals surface area (Å²) >= 11 is 6.02. The van der Waals surface area contributed by atoms with Gasteiger partial charge in [-0.1, -0.05) is 41.9 Å². The Morgan fingerprint density at radius 3 is 2.50 bits per heavy atom. The lowest BCUT2D eigenvalue weighted by Crippen LogP contribution is -2.34. The van der Waals surface area contributed by atoms with Crippen LogP contribution in [0.1, 0.15) is 6.42 Å². The molecular weight excluding hydrogens is 326 g/mol. The zero-order valence-corrected chi connectivity index (χ0v) is 14.7. The molecule has 130 valence electrons. The molecule has 1 unspecified atom stereocenters. The van der Waals surface area contributed by atoms with Crippen LogP contribution in [0.15, 0.2) is 54.6 Å². The quantitative estimate of drug-likeness (QED) is 0.667. The summed E-state index contributed by atoms with van der Waals surface area (Å²) in [6.45, 7) is 2.25. The second-order valence-electron chi connectivity index (χ2n) is 5.67. The van der Waals surface area contributed by atoms with E-state index in [9.17, 15) is 5.11 Å². The molecule has 2 aromatic rings. The second kappa shape index (κ2) is 10.2. The van der Waals surface area contributed by atoms with Gasteiger partial charge >= 0.3 is 0 Å². The molecule has 0 radical (unpaired) electrons. The first-order chi connectivity index (χ1) is 11.6. The second-order valence-corrected chi connectivity index (χ2v) is 6.08. The maximum atomic E-state index is 10.1. The Morgan fingerprint density at radius 2 is 1.75 bits per heavy atom. The minimum atomic E-state index is -0.568. The van der Waals surface area contributed by atoms with Crippen molar-refractivity contribution in [2.45, 2.75) is 12.5 Å². The first kappa shape index (κ1) is 18.6. The van der Waals surface area contributed by atoms with Gasteiger partial charge in [-0.15, -0.1) is 0 Å². The molecule has 5 heteroatoms. The highest BCUT2D eigenvalue weighted by atomic mass is 35.5. The van der Waals surface area contributed by atoms with Crippen molar-refractivity contribution in [2.75, 3.05) is 33.4 Å². The average molecular weight is 350 g/mol. The van der Waals surface area contributed by atoms with Crippen LogP contribution in [0, 0.1) is 0 Å². The fourth-order valence-corrected chi connectivity index (χ4v) is 2.48. The van der Waals surface area contributed by atoms with Gasteiger partial charge in [0, 0.05) is 13.1 Å². The first-order valence-electron chi connectivity index (χ1n) is 8.07. The molecule has 0 spiro atoms. The van der Waals surface area contributed by atoms with Crippen molar-refractivity contribution in [1.29, 1.82) is 0 Å². The van der Waals surface area contributed by atoms with Crippen LogP contribution in [-0.4, -0.2) is 49.5 Å². The van der Waals surface area contributed by atoms with Gasteiger partial charge in [0.2, 0.25) is 0 Å². The summed E-state index contributed by atoms with van der Waals surface area (Å²) < 4.78 is 11.2. The smallest absolute Gasteiger partial charge is 0.138 e. The Morgan fingerprint density at radius 1 is 1.04 bits per heavy atom. The molecule has 0 amide bonds. The molecule has 0 aliphatic heterocycles. The van der Waals surface area contributed by atoms with Gasteiger partial charge in [-0.3, -0.25) is 0 Å². The van der Waals surface area contributed by atoms with Crippen molar-refractivity contribution in [3.63, 3.8) is 0 Å². The normalized spacial score (nSPS) is 12.2. The van der Waals surface area contributed by atoms with Gasteiger partial charge in [-0.05, 0) is 37.7 Å². The summed E-state index contributed by atoms with van der Waals surface area (Å²) in [4.78, 5) is 2.06. The van der Waals surface area contributed by atoms with Gasteiger partial charge in [-0.2, -0.15) is 0 Å². The van der Waals surface area contributed by atoms with Gasteiger partial charge < -0.3 is 19.5 Å². The van der Waals surface area contributed by atoms with E-state index < -0.39 is 6.10 Å². The van der Waals surface area contributed by atoms with Gasteiger partial charge in [0.15, 0.2) is 0 Å². The van der Waals surface area contributed by atoms with Crippen molar-refractivity contribution in [3.05, 3.63) is 59.6 Å². The predicted molar refractivity (Wildman–Crippen MR) is 97.0 cm³/mol. The Hall–Kier alpha value is -1.75. The van der Waals surface area contributed by atoms with Crippen LogP contribution in [0.25, 0.3) is 0 Å². The minimum Gasteiger partial charge on any atom is -0.494 e. The van der Waals surface area contributed by atoms with E-state index in [4.69, 9.17) is 21.1 Å². The number of hydrogen-bond donors (Lipinski definition) is 1. The van der Waals surface area contributed by atoms with E-state index in [1.54, 1.807) is 12.1 Å². The SMILES string of the molecule is CN(CCCOc1ccccc1)CC(O)COc1ccccc1Cl. The summed E-state index contributed by atoms with van der Waals surface area (Å²) in [5, 5.41) is 10.6. The van der Waals surface area contributed by atoms with Crippen LogP contribution in [0.3, 0.4) is 0 Å². The van der Waals surface area contributed by atoms with Gasteiger partial charge in [0.1, 0.15) is 24.2 Å². The maximum absolute atomic E-state index is 10.1. The summed E-state index contributed by atoms with van der Waals surface area (Å²) in [6, 6.07) is 17.0. The number of hydrogen-bond acceptors (Lipinski definition) is 4. The summed E-state index contributed by atoms with van der Waals surface area (Å²) in [7, 11) is 1.97. The molecule has 2 rings (SSSR count). The predicted octanol–water partition coefficient (Wildman–Crippen LogP) is 3.48. The van der Waals surface area contributed by atoms with Gasteiger partial charge in [-0.25, -0.2) is 0 Å². The van der Waals surface area contributed by atoms with Crippen molar-refractivity contribution in [3.8, 4) is 11.5 Å². The first-order valence-corrected chi connectivity index (χ1v) is 8.44. The van der Waals surface area contributed by atoms with Crippen LogP contribution < -0.4 is 9.47 Å². The van der Waals surface area contributed by atoms with Crippen LogP contribution in [0.5, 0.6) is 11.5 Å². The molecule has 1 atom stereocenters. The Balaban J connectivity index is 1.59. The van der Waals surface area contributed by atoms with E-state index in [0.717, 1.165) is 18.7 Å². The zero-order chi connectivity index (χ0) is 17.2. The number of nitrogens with zero attached hydrogens (tertiary/aromatic N) is 1. The standard InChI is InChI=1S/C19H24ClNO3/c1-21(12-7-13-23-17-8-3-2-4-9-17)14-16(22)15-24-19-11-6-5-10-18(19)20/h2-6,8-11,16,22H,7,12-15H2,1H3. The molecule has 4 nitrogen and oxygen atoms in total. The minimum absolute atomic E-state index is 0.217. The zero-order valence-electron chi connectivity index (χ0n) is 13.9. The van der Waals surface area contributed by atoms with Crippen molar-refractivity contribution >= 4 is 11.6 Å². The Labute approximate surface area is 148 Å². The molecule has 0 fully saturated rings. The highest BCUT2D eigenvalue weighted by Crippen LogP contribution is 2.23. The van der Waals surface area contributed by atoms with E-state index in [1.165, 1.54) is 0 Å². The molecule has 2 aromatic carbocycles. The van der Waals surface area contributed by atoms with Crippen LogP contribution in [0.2, 0.25) is 5.02 Å². The largest absolute Gasteiger partial charge is 0.494 e. The topological polar surface area (TPSA) is 41.9 Å². The van der Waals surface area contributed by atoms with Gasteiger partial charge in [0.25, 0.3) is 0 Å². The molecule has 0 heterocycles. The van der Waals surface area contributed by atoms with E-state index in [-0.39, 0.29) is 6.61 Å². The number of rotatable bonds is 10. The Bertz CT molecular complexity index is 594. The highest BCUT2D eigenvalue weighted by molar-refractivity contribution is 6.32. The molecule has 0 aliphatic carbocycles. The molecule has 0 aliphatic rings. The van der Waals surface area contributed by atoms with E-state index in [0.29, 0.717) is 23.9 Å². The number of aliphatic hydroxyl groups is 1. The summed E-state index contributed by atoms with van der Waals surface area (Å²) in [5.74, 6) is 1.48. The third-order valence-corrected chi connectivity index (χ3v) is 3.80. The van der Waals surface area contributed by atoms with Crippen molar-refractivity contribution in [2.24, 2.45) is 0 Å². The monoisotopic (exact) mass is 349 g/mol. The van der Waals surface area contributed by atoms with E-state index >= 15 is 0 Å². The number of para-hydroxylation sites is 2. The van der Waals surface area contributed by atoms with Gasteiger partial charge in [0.05, 0.1) is 11.6 Å². The number of benzene rings is 2. The Kier molecular flexibility index (Phi) is 7.89. The molecule has 1 N–H and O–H groups in total. The molecule has 0 aromatic heterocycles. The molecule has 0 saturated carbocycles. The fourth-order valence-electron chi connectivity index (χ4n) is 2.29. The van der Waals surface area contributed by atoms with Crippen molar-refractivity contribution < 1.29 is 14.6 Å². The lowest BCUT2D eigenvalue weighted by Gasteiger charge is -2.21. The molecular formula is C19H24ClNO3. The number of likely N-dealkylation sites (N-methyl/N-ethyl adjacent to an activating group) is 1. The molecule has 0 saturated heterocycles.